The van der Waals surface area contributed by atoms with Crippen molar-refractivity contribution in [2.75, 3.05) is 36.6 Å². The lowest BCUT2D eigenvalue weighted by atomic mass is 9.84. The highest BCUT2D eigenvalue weighted by Crippen LogP contribution is 2.25. The summed E-state index contributed by atoms with van der Waals surface area (Å²) in [4.78, 5) is 31.3. The van der Waals surface area contributed by atoms with Crippen molar-refractivity contribution >= 4 is 33.4 Å². The number of Topliss-reactive ketones (excluding diaryl/α,β-unsaturated/α-hetero) is 1. The van der Waals surface area contributed by atoms with E-state index < -0.39 is 16.1 Å². The standard InChI is InChI=1S/C31H39N5O4.CH4O3S/c1-31(2,3)28-18-29(35-40-28)34-30(38)33-23-11-9-21(10-12-23)17-27(37)25-14-13-24(19-32-25)39-20-22-7-6-16-36-15-5-4-8-26(22)36;1-5(2,3)4/h9-14,18-19,22,26H,4-8,15-17,20H2,1-3H3,(H2,33,34,35,38);1H3,(H,2,3,4)/p+1/t22-,26+;/m1./s1. The lowest BCUT2D eigenvalue weighted by Gasteiger charge is -2.41. The molecule has 0 bridgehead atoms. The fourth-order valence-corrected chi connectivity index (χ4v) is 5.76. The van der Waals surface area contributed by atoms with Crippen molar-refractivity contribution in [3.63, 3.8) is 0 Å². The quantitative estimate of drug-likeness (QED) is 0.208. The van der Waals surface area contributed by atoms with Gasteiger partial charge in [0.05, 0.1) is 38.2 Å². The topological polar surface area (TPSA) is 165 Å². The third kappa shape index (κ3) is 10.9. The van der Waals surface area contributed by atoms with Crippen LogP contribution >= 0.6 is 0 Å². The monoisotopic (exact) mass is 642 g/mol. The summed E-state index contributed by atoms with van der Waals surface area (Å²) in [6.07, 6.45) is 9.09. The first kappa shape index (κ1) is 34.1. The summed E-state index contributed by atoms with van der Waals surface area (Å²) in [5, 5.41) is 9.32. The van der Waals surface area contributed by atoms with Crippen LogP contribution in [0.5, 0.6) is 5.75 Å². The number of nitrogens with zero attached hydrogens (tertiary/aromatic N) is 2. The lowest BCUT2D eigenvalue weighted by molar-refractivity contribution is -0.940. The van der Waals surface area contributed by atoms with Crippen molar-refractivity contribution in [3.05, 3.63) is 65.7 Å². The highest BCUT2D eigenvalue weighted by molar-refractivity contribution is 7.85. The summed E-state index contributed by atoms with van der Waals surface area (Å²) in [6.45, 7) is 9.34. The van der Waals surface area contributed by atoms with Gasteiger partial charge in [-0.3, -0.25) is 14.7 Å². The van der Waals surface area contributed by atoms with Crippen molar-refractivity contribution in [1.29, 1.82) is 0 Å². The van der Waals surface area contributed by atoms with Crippen LogP contribution in [-0.4, -0.2) is 66.9 Å². The van der Waals surface area contributed by atoms with Gasteiger partial charge in [0, 0.05) is 29.5 Å². The first-order chi connectivity index (χ1) is 21.2. The minimum atomic E-state index is -3.67. The predicted octanol–water partition coefficient (Wildman–Crippen LogP) is 4.17. The minimum absolute atomic E-state index is 0.0700. The summed E-state index contributed by atoms with van der Waals surface area (Å²) in [6, 6.07) is 12.8. The Labute approximate surface area is 264 Å². The van der Waals surface area contributed by atoms with Crippen LogP contribution in [-0.2, 0) is 22.0 Å². The Morgan fingerprint density at radius 3 is 2.40 bits per heavy atom. The third-order valence-corrected chi connectivity index (χ3v) is 7.98. The molecule has 5 rings (SSSR count). The number of nitrogens with one attached hydrogen (secondary N) is 3. The molecule has 4 N–H and O–H groups in total. The van der Waals surface area contributed by atoms with Crippen LogP contribution in [0.3, 0.4) is 0 Å². The second kappa shape index (κ2) is 15.0. The van der Waals surface area contributed by atoms with E-state index in [0.717, 1.165) is 18.2 Å². The van der Waals surface area contributed by atoms with Crippen LogP contribution in [0, 0.1) is 5.92 Å². The number of hydrogen-bond donors (Lipinski definition) is 4. The molecule has 3 aromatic rings. The number of fused-ring (bicyclic) bond motifs is 1. The summed E-state index contributed by atoms with van der Waals surface area (Å²) >= 11 is 0. The van der Waals surface area contributed by atoms with Gasteiger partial charge in [-0.05, 0) is 61.9 Å². The van der Waals surface area contributed by atoms with Gasteiger partial charge in [-0.2, -0.15) is 8.42 Å². The zero-order valence-electron chi connectivity index (χ0n) is 26.3. The van der Waals surface area contributed by atoms with E-state index in [1.807, 2.05) is 39.0 Å². The average Bonchev–Trinajstić information content (AvgIpc) is 3.45. The van der Waals surface area contributed by atoms with Gasteiger partial charge < -0.3 is 19.5 Å². The number of aromatic nitrogens is 2. The zero-order valence-corrected chi connectivity index (χ0v) is 27.2. The van der Waals surface area contributed by atoms with Crippen LogP contribution in [0.15, 0.2) is 53.2 Å². The van der Waals surface area contributed by atoms with E-state index in [1.165, 1.54) is 45.2 Å². The van der Waals surface area contributed by atoms with E-state index in [-0.39, 0.29) is 17.6 Å². The highest BCUT2D eigenvalue weighted by Gasteiger charge is 2.36. The molecular formula is C32H44N5O7S+. The average molecular weight is 643 g/mol. The maximum absolute atomic E-state index is 12.8. The van der Waals surface area contributed by atoms with E-state index in [1.54, 1.807) is 35.4 Å². The van der Waals surface area contributed by atoms with Gasteiger partial charge in [-0.1, -0.05) is 38.1 Å². The molecule has 12 nitrogen and oxygen atoms in total. The highest BCUT2D eigenvalue weighted by atomic mass is 32.2. The molecule has 1 unspecified atom stereocenters. The van der Waals surface area contributed by atoms with Gasteiger partial charge in [0.25, 0.3) is 10.1 Å². The van der Waals surface area contributed by atoms with E-state index in [4.69, 9.17) is 13.8 Å². The maximum atomic E-state index is 12.8. The lowest BCUT2D eigenvalue weighted by Crippen LogP contribution is -3.18. The Balaban J connectivity index is 0.000000854. The van der Waals surface area contributed by atoms with E-state index in [9.17, 15) is 18.0 Å². The molecule has 2 amide bonds. The number of ether oxygens (including phenoxy) is 1. The second-order valence-electron chi connectivity index (χ2n) is 12.8. The molecule has 1 aromatic carbocycles. The number of ketones is 1. The molecule has 0 aliphatic carbocycles. The first-order valence-electron chi connectivity index (χ1n) is 15.3. The molecular weight excluding hydrogens is 598 g/mol. The maximum Gasteiger partial charge on any atom is 0.324 e. The van der Waals surface area contributed by atoms with Crippen LogP contribution < -0.4 is 20.3 Å². The summed E-state index contributed by atoms with van der Waals surface area (Å²) in [5.41, 5.74) is 1.65. The van der Waals surface area contributed by atoms with Crippen LogP contribution in [0.25, 0.3) is 0 Å². The van der Waals surface area contributed by atoms with Gasteiger partial charge in [-0.15, -0.1) is 0 Å². The molecule has 2 aliphatic heterocycles. The normalized spacial score (nSPS) is 19.8. The number of carbonyl (C=O) groups is 2. The Morgan fingerprint density at radius 1 is 1.04 bits per heavy atom. The fourth-order valence-electron chi connectivity index (χ4n) is 5.76. The minimum Gasteiger partial charge on any atom is -0.491 e. The van der Waals surface area contributed by atoms with Crippen molar-refractivity contribution in [3.8, 4) is 5.75 Å². The molecule has 244 valence electrons. The van der Waals surface area contributed by atoms with Gasteiger partial charge >= 0.3 is 6.03 Å². The number of piperidine rings is 2. The number of urea groups is 1. The Hall–Kier alpha value is -3.81. The van der Waals surface area contributed by atoms with Gasteiger partial charge in [0.15, 0.2) is 11.6 Å². The molecule has 0 radical (unpaired) electrons. The number of carbonyl (C=O) groups excluding carboxylic acids is 2. The SMILES string of the molecule is CC(C)(C)c1cc(NC(=O)Nc2ccc(CC(=O)c3ccc(OC[C@H]4CCC[NH+]5CCCC[C@@H]45)cn3)cc2)no1.CS(=O)(=O)O. The molecule has 0 spiro atoms. The smallest absolute Gasteiger partial charge is 0.324 e. The number of quaternary nitrogens is 1. The number of pyridine rings is 1. The Morgan fingerprint density at radius 2 is 1.76 bits per heavy atom. The predicted molar refractivity (Wildman–Crippen MR) is 171 cm³/mol. The third-order valence-electron chi connectivity index (χ3n) is 7.98. The van der Waals surface area contributed by atoms with E-state index in [2.05, 4.69) is 20.8 Å². The summed E-state index contributed by atoms with van der Waals surface area (Å²) < 4.78 is 37.3. The Bertz CT molecular complexity index is 1520. The molecule has 2 aliphatic rings. The number of rotatable bonds is 8. The summed E-state index contributed by atoms with van der Waals surface area (Å²) in [7, 11) is -3.67. The molecule has 0 saturated carbocycles. The summed E-state index contributed by atoms with van der Waals surface area (Å²) in [5.74, 6) is 2.27. The van der Waals surface area contributed by atoms with Crippen molar-refractivity contribution < 1.29 is 36.7 Å². The molecule has 3 atom stereocenters. The van der Waals surface area contributed by atoms with Crippen LogP contribution in [0.4, 0.5) is 16.3 Å². The largest absolute Gasteiger partial charge is 0.491 e. The molecule has 4 heterocycles. The van der Waals surface area contributed by atoms with Crippen molar-refractivity contribution in [2.45, 2.75) is 70.8 Å². The molecule has 2 aromatic heterocycles. The Kier molecular flexibility index (Phi) is 11.3. The van der Waals surface area contributed by atoms with Crippen LogP contribution in [0.2, 0.25) is 0 Å². The van der Waals surface area contributed by atoms with E-state index >= 15 is 0 Å². The first-order valence-corrected chi connectivity index (χ1v) is 17.1. The van der Waals surface area contributed by atoms with Crippen molar-refractivity contribution in [2.24, 2.45) is 5.92 Å². The van der Waals surface area contributed by atoms with Gasteiger partial charge in [0.1, 0.15) is 17.2 Å². The van der Waals surface area contributed by atoms with Gasteiger partial charge in [-0.25, -0.2) is 9.78 Å². The number of amides is 2. The number of hydrogen-bond acceptors (Lipinski definition) is 8. The number of anilines is 2. The molecule has 45 heavy (non-hydrogen) atoms. The molecule has 13 heteroatoms. The van der Waals surface area contributed by atoms with Crippen LogP contribution in [0.1, 0.15) is 74.7 Å². The second-order valence-corrected chi connectivity index (χ2v) is 14.3. The molecule has 2 saturated heterocycles. The van der Waals surface area contributed by atoms with Gasteiger partial charge in [0.2, 0.25) is 0 Å². The zero-order chi connectivity index (χ0) is 32.6. The van der Waals surface area contributed by atoms with E-state index in [0.29, 0.717) is 40.9 Å². The molecule has 2 fully saturated rings. The van der Waals surface area contributed by atoms with Crippen molar-refractivity contribution in [1.82, 2.24) is 10.1 Å². The number of benzene rings is 1. The fraction of sp³-hybridized carbons (Fsp3) is 0.500.